The molecule has 0 aliphatic heterocycles. The first-order valence-electron chi connectivity index (χ1n) is 6.73. The zero-order valence-corrected chi connectivity index (χ0v) is 12.7. The summed E-state index contributed by atoms with van der Waals surface area (Å²) in [4.78, 5) is 0.0857. The summed E-state index contributed by atoms with van der Waals surface area (Å²) in [6.45, 7) is 0. The van der Waals surface area contributed by atoms with Crippen LogP contribution in [0.1, 0.15) is 29.7 Å². The van der Waals surface area contributed by atoms with E-state index in [9.17, 15) is 4.39 Å². The molecule has 0 bridgehead atoms. The first-order chi connectivity index (χ1) is 9.17. The average molecular weight is 329 g/mol. The third-order valence-electron chi connectivity index (χ3n) is 4.61. The van der Waals surface area contributed by atoms with Gasteiger partial charge in [-0.3, -0.25) is 0 Å². The fourth-order valence-electron chi connectivity index (χ4n) is 3.60. The lowest BCUT2D eigenvalue weighted by molar-refractivity contribution is 0.351. The van der Waals surface area contributed by atoms with Gasteiger partial charge in [0.2, 0.25) is 0 Å². The van der Waals surface area contributed by atoms with Gasteiger partial charge in [0.15, 0.2) is 11.5 Å². The summed E-state index contributed by atoms with van der Waals surface area (Å²) in [6.07, 6.45) is 3.93. The van der Waals surface area contributed by atoms with Gasteiger partial charge in [-0.1, -0.05) is 22.4 Å². The van der Waals surface area contributed by atoms with Gasteiger partial charge in [0.05, 0.1) is 14.2 Å². The van der Waals surface area contributed by atoms with Crippen LogP contribution in [-0.2, 0) is 0 Å². The molecule has 104 valence electrons. The molecule has 0 radical (unpaired) electrons. The Hall–Kier alpha value is -0.770. The van der Waals surface area contributed by atoms with Crippen LogP contribution in [0.5, 0.6) is 11.5 Å². The van der Waals surface area contributed by atoms with E-state index < -0.39 is 0 Å². The monoisotopic (exact) mass is 328 g/mol. The third kappa shape index (κ3) is 2.14. The molecule has 0 spiro atoms. The summed E-state index contributed by atoms with van der Waals surface area (Å²) >= 11 is 3.69. The summed E-state index contributed by atoms with van der Waals surface area (Å²) in [6, 6.07) is 3.18. The fourth-order valence-corrected chi connectivity index (χ4v) is 4.73. The van der Waals surface area contributed by atoms with Gasteiger partial charge in [-0.2, -0.15) is 0 Å². The van der Waals surface area contributed by atoms with E-state index in [0.29, 0.717) is 23.0 Å². The number of benzene rings is 1. The minimum absolute atomic E-state index is 0.0857. The molecule has 0 heterocycles. The Morgan fingerprint density at radius 2 is 1.74 bits per heavy atom. The molecule has 3 unspecified atom stereocenters. The molecule has 0 N–H and O–H groups in total. The lowest BCUT2D eigenvalue weighted by Crippen LogP contribution is -2.03. The zero-order chi connectivity index (χ0) is 13.6. The maximum Gasteiger partial charge on any atom is 0.163 e. The molecule has 0 aromatic heterocycles. The van der Waals surface area contributed by atoms with Gasteiger partial charge in [0.1, 0.15) is 5.82 Å². The summed E-state index contributed by atoms with van der Waals surface area (Å²) in [5.74, 6) is 2.98. The molecule has 2 fully saturated rings. The standard InChI is InChI=1S/C15H18BrFO2/c1-18-12-6-10(11(17)7-13(12)19-2)15(16)14-8-4-3-5-9(8)14/h6-9,14-15H,3-5H2,1-2H3. The van der Waals surface area contributed by atoms with Crippen LogP contribution in [0.3, 0.4) is 0 Å². The Labute approximate surface area is 121 Å². The minimum atomic E-state index is -0.218. The number of methoxy groups -OCH3 is 2. The van der Waals surface area contributed by atoms with Crippen LogP contribution < -0.4 is 9.47 Å². The van der Waals surface area contributed by atoms with E-state index in [2.05, 4.69) is 15.9 Å². The van der Waals surface area contributed by atoms with Crippen LogP contribution in [-0.4, -0.2) is 14.2 Å². The van der Waals surface area contributed by atoms with Crippen LogP contribution >= 0.6 is 15.9 Å². The summed E-state index contributed by atoms with van der Waals surface area (Å²) in [7, 11) is 3.10. The second-order valence-electron chi connectivity index (χ2n) is 5.47. The molecular formula is C15H18BrFO2. The second-order valence-corrected chi connectivity index (χ2v) is 6.45. The smallest absolute Gasteiger partial charge is 0.163 e. The highest BCUT2D eigenvalue weighted by molar-refractivity contribution is 9.09. The maximum absolute atomic E-state index is 14.2. The van der Waals surface area contributed by atoms with Crippen molar-refractivity contribution < 1.29 is 13.9 Å². The lowest BCUT2D eigenvalue weighted by atomic mass is 10.0. The van der Waals surface area contributed by atoms with Crippen molar-refractivity contribution in [3.05, 3.63) is 23.5 Å². The average Bonchev–Trinajstić information content (AvgIpc) is 2.90. The number of ether oxygens (including phenoxy) is 2. The fraction of sp³-hybridized carbons (Fsp3) is 0.600. The highest BCUT2D eigenvalue weighted by Gasteiger charge is 2.55. The largest absolute Gasteiger partial charge is 0.493 e. The number of rotatable bonds is 4. The third-order valence-corrected chi connectivity index (χ3v) is 5.71. The van der Waals surface area contributed by atoms with Crippen LogP contribution in [0.2, 0.25) is 0 Å². The van der Waals surface area contributed by atoms with Gasteiger partial charge in [0.25, 0.3) is 0 Å². The first-order valence-corrected chi connectivity index (χ1v) is 7.64. The molecule has 3 atom stereocenters. The normalized spacial score (nSPS) is 29.8. The molecule has 4 heteroatoms. The van der Waals surface area contributed by atoms with Gasteiger partial charge in [0, 0.05) is 16.5 Å². The molecule has 2 aliphatic rings. The van der Waals surface area contributed by atoms with E-state index in [1.165, 1.54) is 32.4 Å². The molecule has 1 aromatic rings. The van der Waals surface area contributed by atoms with Gasteiger partial charge in [-0.05, 0) is 36.7 Å². The predicted molar refractivity (Wildman–Crippen MR) is 75.5 cm³/mol. The van der Waals surface area contributed by atoms with Crippen LogP contribution in [0.15, 0.2) is 12.1 Å². The Bertz CT molecular complexity index is 481. The molecule has 2 aliphatic carbocycles. The molecule has 2 nitrogen and oxygen atoms in total. The molecule has 0 amide bonds. The van der Waals surface area contributed by atoms with E-state index >= 15 is 0 Å². The number of fused-ring (bicyclic) bond motifs is 1. The first kappa shape index (κ1) is 13.2. The number of hydrogen-bond donors (Lipinski definition) is 0. The van der Waals surface area contributed by atoms with Crippen molar-refractivity contribution in [3.63, 3.8) is 0 Å². The molecule has 0 saturated heterocycles. The molecule has 3 rings (SSSR count). The van der Waals surface area contributed by atoms with Crippen molar-refractivity contribution in [1.82, 2.24) is 0 Å². The van der Waals surface area contributed by atoms with Gasteiger partial charge in [-0.15, -0.1) is 0 Å². The molecule has 1 aromatic carbocycles. The lowest BCUT2D eigenvalue weighted by Gasteiger charge is -2.16. The second kappa shape index (κ2) is 4.97. The van der Waals surface area contributed by atoms with Crippen LogP contribution in [0.4, 0.5) is 4.39 Å². The summed E-state index contributed by atoms with van der Waals surface area (Å²) in [5, 5.41) is 0. The van der Waals surface area contributed by atoms with Gasteiger partial charge >= 0.3 is 0 Å². The van der Waals surface area contributed by atoms with Crippen molar-refractivity contribution in [2.24, 2.45) is 17.8 Å². The highest BCUT2D eigenvalue weighted by atomic mass is 79.9. The number of alkyl halides is 1. The zero-order valence-electron chi connectivity index (χ0n) is 11.2. The molecule has 2 saturated carbocycles. The predicted octanol–water partition coefficient (Wildman–Crippen LogP) is 4.33. The summed E-state index contributed by atoms with van der Waals surface area (Å²) in [5.41, 5.74) is 0.692. The number of hydrogen-bond acceptors (Lipinski definition) is 2. The van der Waals surface area contributed by atoms with E-state index in [1.807, 2.05) is 0 Å². The number of halogens is 2. The van der Waals surface area contributed by atoms with Crippen molar-refractivity contribution in [1.29, 1.82) is 0 Å². The van der Waals surface area contributed by atoms with E-state index in [1.54, 1.807) is 13.2 Å². The molecular weight excluding hydrogens is 311 g/mol. The van der Waals surface area contributed by atoms with Crippen molar-refractivity contribution in [3.8, 4) is 11.5 Å². The Balaban J connectivity index is 1.87. The van der Waals surface area contributed by atoms with Gasteiger partial charge < -0.3 is 9.47 Å². The Kier molecular flexibility index (Phi) is 3.46. The van der Waals surface area contributed by atoms with Gasteiger partial charge in [-0.25, -0.2) is 4.39 Å². The van der Waals surface area contributed by atoms with Crippen molar-refractivity contribution in [2.45, 2.75) is 24.1 Å². The van der Waals surface area contributed by atoms with E-state index in [-0.39, 0.29) is 10.6 Å². The minimum Gasteiger partial charge on any atom is -0.493 e. The molecule has 19 heavy (non-hydrogen) atoms. The highest BCUT2D eigenvalue weighted by Crippen LogP contribution is 2.64. The topological polar surface area (TPSA) is 18.5 Å². The summed E-state index contributed by atoms with van der Waals surface area (Å²) < 4.78 is 24.6. The Morgan fingerprint density at radius 3 is 2.32 bits per heavy atom. The van der Waals surface area contributed by atoms with Crippen LogP contribution in [0.25, 0.3) is 0 Å². The van der Waals surface area contributed by atoms with E-state index in [4.69, 9.17) is 9.47 Å². The Morgan fingerprint density at radius 1 is 1.16 bits per heavy atom. The van der Waals surface area contributed by atoms with Crippen LogP contribution in [0, 0.1) is 23.6 Å². The maximum atomic E-state index is 14.2. The van der Waals surface area contributed by atoms with Crippen molar-refractivity contribution >= 4 is 15.9 Å². The van der Waals surface area contributed by atoms with Crippen molar-refractivity contribution in [2.75, 3.05) is 14.2 Å². The quantitative estimate of drug-likeness (QED) is 0.766. The van der Waals surface area contributed by atoms with E-state index in [0.717, 1.165) is 11.8 Å². The SMILES string of the molecule is COc1cc(F)c(C(Br)C2C3CCCC32)cc1OC.